The molecular formula is C17H24N4OS. The first kappa shape index (κ1) is 15.3. The molecule has 2 aromatic rings. The Bertz CT molecular complexity index is 719. The zero-order valence-corrected chi connectivity index (χ0v) is 14.7. The van der Waals surface area contributed by atoms with Crippen LogP contribution in [-0.2, 0) is 24.1 Å². The molecule has 2 atom stereocenters. The van der Waals surface area contributed by atoms with Gasteiger partial charge in [-0.05, 0) is 45.1 Å². The third kappa shape index (κ3) is 2.95. The standard InChI is InChI=1S/C17H24N4OS/c1-10-7-21(8-11(2)22-10)9-14-19-16(18)15-12-5-3-4-6-13(12)23-17(15)20-14/h10-11H,3-9H2,1-2H3,(H2,18,19,20)/t10-,11-/m0/s1. The Kier molecular flexibility index (Phi) is 3.99. The molecular weight excluding hydrogens is 308 g/mol. The molecule has 1 saturated heterocycles. The summed E-state index contributed by atoms with van der Waals surface area (Å²) in [6.07, 6.45) is 5.35. The van der Waals surface area contributed by atoms with Crippen molar-refractivity contribution < 1.29 is 4.74 Å². The normalized spacial score (nSPS) is 25.7. The van der Waals surface area contributed by atoms with Crippen molar-refractivity contribution in [2.24, 2.45) is 0 Å². The number of aromatic nitrogens is 2. The topological polar surface area (TPSA) is 64.3 Å². The van der Waals surface area contributed by atoms with E-state index in [0.29, 0.717) is 5.82 Å². The summed E-state index contributed by atoms with van der Waals surface area (Å²) in [5, 5.41) is 1.12. The van der Waals surface area contributed by atoms with E-state index in [1.54, 1.807) is 0 Å². The molecule has 0 aromatic carbocycles. The van der Waals surface area contributed by atoms with Crippen molar-refractivity contribution in [2.45, 2.75) is 58.3 Å². The third-order valence-corrected chi connectivity index (χ3v) is 5.93. The van der Waals surface area contributed by atoms with Crippen LogP contribution in [0.1, 0.15) is 43.0 Å². The van der Waals surface area contributed by atoms with Crippen molar-refractivity contribution in [1.29, 1.82) is 0 Å². The van der Waals surface area contributed by atoms with Gasteiger partial charge < -0.3 is 10.5 Å². The summed E-state index contributed by atoms with van der Waals surface area (Å²) in [6.45, 7) is 6.84. The number of hydrogen-bond acceptors (Lipinski definition) is 6. The van der Waals surface area contributed by atoms with Gasteiger partial charge in [0.05, 0.1) is 24.1 Å². The van der Waals surface area contributed by atoms with E-state index in [9.17, 15) is 0 Å². The fourth-order valence-electron chi connectivity index (χ4n) is 3.92. The molecule has 5 nitrogen and oxygen atoms in total. The second-order valence-electron chi connectivity index (χ2n) is 6.87. The van der Waals surface area contributed by atoms with Gasteiger partial charge >= 0.3 is 0 Å². The number of nitrogen functional groups attached to an aromatic ring is 1. The second kappa shape index (κ2) is 6.00. The van der Waals surface area contributed by atoms with Crippen LogP contribution in [0.15, 0.2) is 0 Å². The number of anilines is 1. The summed E-state index contributed by atoms with van der Waals surface area (Å²) in [5.41, 5.74) is 7.71. The molecule has 0 unspecified atom stereocenters. The number of ether oxygens (including phenoxy) is 1. The minimum absolute atomic E-state index is 0.258. The molecule has 0 spiro atoms. The van der Waals surface area contributed by atoms with Crippen LogP contribution in [0.2, 0.25) is 0 Å². The van der Waals surface area contributed by atoms with Crippen molar-refractivity contribution in [2.75, 3.05) is 18.8 Å². The molecule has 2 aromatic heterocycles. The molecule has 0 saturated carbocycles. The molecule has 1 aliphatic heterocycles. The Morgan fingerprint density at radius 2 is 1.91 bits per heavy atom. The van der Waals surface area contributed by atoms with E-state index in [0.717, 1.165) is 42.1 Å². The lowest BCUT2D eigenvalue weighted by Gasteiger charge is -2.34. The molecule has 3 heterocycles. The number of rotatable bonds is 2. The highest BCUT2D eigenvalue weighted by Crippen LogP contribution is 2.37. The van der Waals surface area contributed by atoms with Gasteiger partial charge in [-0.15, -0.1) is 11.3 Å². The quantitative estimate of drug-likeness (QED) is 0.916. The zero-order chi connectivity index (χ0) is 16.0. The fraction of sp³-hybridized carbons (Fsp3) is 0.647. The van der Waals surface area contributed by atoms with Gasteiger partial charge in [0.1, 0.15) is 16.5 Å². The minimum atomic E-state index is 0.258. The van der Waals surface area contributed by atoms with E-state index in [-0.39, 0.29) is 12.2 Å². The number of morpholine rings is 1. The molecule has 0 amide bonds. The summed E-state index contributed by atoms with van der Waals surface area (Å²) in [5.74, 6) is 1.51. The molecule has 2 aliphatic rings. The van der Waals surface area contributed by atoms with Crippen LogP contribution in [0.25, 0.3) is 10.2 Å². The highest BCUT2D eigenvalue weighted by atomic mass is 32.1. The van der Waals surface area contributed by atoms with Crippen LogP contribution in [0, 0.1) is 0 Å². The number of nitrogens with zero attached hydrogens (tertiary/aromatic N) is 3. The molecule has 124 valence electrons. The van der Waals surface area contributed by atoms with Gasteiger partial charge in [-0.3, -0.25) is 4.90 Å². The zero-order valence-electron chi connectivity index (χ0n) is 13.8. The third-order valence-electron chi connectivity index (χ3n) is 4.75. The summed E-state index contributed by atoms with van der Waals surface area (Å²) in [4.78, 5) is 14.4. The average molecular weight is 332 g/mol. The van der Waals surface area contributed by atoms with E-state index in [2.05, 4.69) is 23.7 Å². The smallest absolute Gasteiger partial charge is 0.146 e. The van der Waals surface area contributed by atoms with Gasteiger partial charge in [-0.2, -0.15) is 0 Å². The van der Waals surface area contributed by atoms with Gasteiger partial charge in [0.15, 0.2) is 0 Å². The molecule has 6 heteroatoms. The summed E-state index contributed by atoms with van der Waals surface area (Å²) in [7, 11) is 0. The lowest BCUT2D eigenvalue weighted by atomic mass is 9.97. The van der Waals surface area contributed by atoms with Crippen LogP contribution in [0.5, 0.6) is 0 Å². The fourth-order valence-corrected chi connectivity index (χ4v) is 5.20. The summed E-state index contributed by atoms with van der Waals surface area (Å²) < 4.78 is 5.80. The molecule has 1 fully saturated rings. The predicted molar refractivity (Wildman–Crippen MR) is 93.8 cm³/mol. The van der Waals surface area contributed by atoms with E-state index >= 15 is 0 Å². The van der Waals surface area contributed by atoms with Crippen molar-refractivity contribution in [3.05, 3.63) is 16.3 Å². The SMILES string of the molecule is C[C@H]1CN(Cc2nc(N)c3c4c(sc3n2)CCCC4)C[C@H](C)O1. The Morgan fingerprint density at radius 1 is 1.17 bits per heavy atom. The van der Waals surface area contributed by atoms with Crippen LogP contribution in [0.3, 0.4) is 0 Å². The van der Waals surface area contributed by atoms with Crippen molar-refractivity contribution in [1.82, 2.24) is 14.9 Å². The van der Waals surface area contributed by atoms with Crippen LogP contribution >= 0.6 is 11.3 Å². The van der Waals surface area contributed by atoms with Crippen molar-refractivity contribution in [3.63, 3.8) is 0 Å². The first-order chi connectivity index (χ1) is 11.1. The highest BCUT2D eigenvalue weighted by Gasteiger charge is 2.24. The highest BCUT2D eigenvalue weighted by molar-refractivity contribution is 7.19. The predicted octanol–water partition coefficient (Wildman–Crippen LogP) is 2.76. The van der Waals surface area contributed by atoms with E-state index in [4.69, 9.17) is 15.5 Å². The lowest BCUT2D eigenvalue weighted by Crippen LogP contribution is -2.45. The van der Waals surface area contributed by atoms with Gasteiger partial charge in [0.2, 0.25) is 0 Å². The summed E-state index contributed by atoms with van der Waals surface area (Å²) >= 11 is 1.82. The molecule has 2 N–H and O–H groups in total. The maximum absolute atomic E-state index is 6.30. The molecule has 4 rings (SSSR count). The average Bonchev–Trinajstić information content (AvgIpc) is 2.84. The van der Waals surface area contributed by atoms with E-state index in [1.165, 1.54) is 29.7 Å². The first-order valence-electron chi connectivity index (χ1n) is 8.54. The second-order valence-corrected chi connectivity index (χ2v) is 7.95. The first-order valence-corrected chi connectivity index (χ1v) is 9.36. The van der Waals surface area contributed by atoms with Crippen molar-refractivity contribution >= 4 is 27.4 Å². The van der Waals surface area contributed by atoms with E-state index in [1.807, 2.05) is 11.3 Å². The number of hydrogen-bond donors (Lipinski definition) is 1. The number of thiophene rings is 1. The molecule has 0 bridgehead atoms. The Balaban J connectivity index is 1.63. The van der Waals surface area contributed by atoms with Crippen molar-refractivity contribution in [3.8, 4) is 0 Å². The van der Waals surface area contributed by atoms with Gasteiger partial charge in [-0.25, -0.2) is 9.97 Å². The van der Waals surface area contributed by atoms with Gasteiger partial charge in [0, 0.05) is 18.0 Å². The van der Waals surface area contributed by atoms with Crippen LogP contribution in [0.4, 0.5) is 5.82 Å². The van der Waals surface area contributed by atoms with E-state index < -0.39 is 0 Å². The van der Waals surface area contributed by atoms with Gasteiger partial charge in [-0.1, -0.05) is 0 Å². The molecule has 23 heavy (non-hydrogen) atoms. The maximum Gasteiger partial charge on any atom is 0.146 e. The monoisotopic (exact) mass is 332 g/mol. The number of nitrogens with two attached hydrogens (primary N) is 1. The van der Waals surface area contributed by atoms with Gasteiger partial charge in [0.25, 0.3) is 0 Å². The molecule has 1 aliphatic carbocycles. The lowest BCUT2D eigenvalue weighted by molar-refractivity contribution is -0.0710. The van der Waals surface area contributed by atoms with Crippen LogP contribution < -0.4 is 5.73 Å². The number of fused-ring (bicyclic) bond motifs is 3. The number of aryl methyl sites for hydroxylation is 2. The minimum Gasteiger partial charge on any atom is -0.383 e. The van der Waals surface area contributed by atoms with Crippen LogP contribution in [-0.4, -0.2) is 40.2 Å². The summed E-state index contributed by atoms with van der Waals surface area (Å²) in [6, 6.07) is 0. The Labute approximate surface area is 140 Å². The molecule has 0 radical (unpaired) electrons. The Hall–Kier alpha value is -1.24. The maximum atomic E-state index is 6.30. The largest absolute Gasteiger partial charge is 0.383 e. The Morgan fingerprint density at radius 3 is 2.70 bits per heavy atom.